The molecule has 5 rings (SSSR count). The minimum absolute atomic E-state index is 0.386. The predicted molar refractivity (Wildman–Crippen MR) is 144 cm³/mol. The Bertz CT molecular complexity index is 1680. The van der Waals surface area contributed by atoms with Gasteiger partial charge in [-0.15, -0.1) is 5.10 Å². The minimum atomic E-state index is -0.702. The van der Waals surface area contributed by atoms with Gasteiger partial charge < -0.3 is 9.30 Å². The number of H-pyrrole nitrogens is 1. The van der Waals surface area contributed by atoms with E-state index in [1.807, 2.05) is 53.1 Å². The highest BCUT2D eigenvalue weighted by Crippen LogP contribution is 2.30. The van der Waals surface area contributed by atoms with Crippen LogP contribution in [0.1, 0.15) is 44.3 Å². The van der Waals surface area contributed by atoms with Crippen LogP contribution < -0.4 is 11.2 Å². The highest BCUT2D eigenvalue weighted by molar-refractivity contribution is 5.80. The monoisotopic (exact) mass is 514 g/mol. The van der Waals surface area contributed by atoms with E-state index >= 15 is 0 Å². The van der Waals surface area contributed by atoms with Crippen LogP contribution >= 0.6 is 0 Å². The van der Waals surface area contributed by atoms with Crippen molar-refractivity contribution >= 4 is 11.2 Å². The Morgan fingerprint density at radius 3 is 2.45 bits per heavy atom. The Morgan fingerprint density at radius 1 is 1.05 bits per heavy atom. The Hall–Kier alpha value is -4.38. The van der Waals surface area contributed by atoms with Gasteiger partial charge in [0.2, 0.25) is 0 Å². The third-order valence-electron chi connectivity index (χ3n) is 6.85. The molecule has 0 aliphatic carbocycles. The molecular formula is C27H30N8O3. The van der Waals surface area contributed by atoms with Crippen molar-refractivity contribution in [2.24, 2.45) is 7.05 Å². The zero-order valence-electron chi connectivity index (χ0n) is 21.9. The van der Waals surface area contributed by atoms with Gasteiger partial charge in [-0.2, -0.15) is 0 Å². The number of aromatic amines is 1. The third-order valence-corrected chi connectivity index (χ3v) is 6.85. The molecule has 0 radical (unpaired) electrons. The molecule has 0 saturated heterocycles. The molecule has 1 N–H and O–H groups in total. The van der Waals surface area contributed by atoms with Gasteiger partial charge in [0.05, 0.1) is 0 Å². The predicted octanol–water partition coefficient (Wildman–Crippen LogP) is 3.30. The minimum Gasteiger partial charge on any atom is -0.361 e. The maximum Gasteiger partial charge on any atom is 0.334 e. The number of ether oxygens (including phenoxy) is 1. The van der Waals surface area contributed by atoms with Crippen LogP contribution in [0, 0.1) is 0 Å². The van der Waals surface area contributed by atoms with E-state index in [0.717, 1.165) is 45.5 Å². The Kier molecular flexibility index (Phi) is 7.01. The second kappa shape index (κ2) is 10.5. The Balaban J connectivity index is 1.58. The molecule has 11 heteroatoms. The number of hydrogen-bond donors (Lipinski definition) is 1. The van der Waals surface area contributed by atoms with Crippen LogP contribution in [0.15, 0.2) is 58.1 Å². The molecular weight excluding hydrogens is 484 g/mol. The van der Waals surface area contributed by atoms with Crippen molar-refractivity contribution in [3.8, 4) is 22.5 Å². The third kappa shape index (κ3) is 4.45. The number of aromatic nitrogens is 8. The second-order valence-corrected chi connectivity index (χ2v) is 9.23. The van der Waals surface area contributed by atoms with E-state index < -0.39 is 17.5 Å². The van der Waals surface area contributed by atoms with Crippen molar-refractivity contribution in [2.75, 3.05) is 7.11 Å². The van der Waals surface area contributed by atoms with E-state index in [0.29, 0.717) is 30.0 Å². The lowest BCUT2D eigenvalue weighted by Crippen LogP contribution is -2.41. The van der Waals surface area contributed by atoms with E-state index in [1.165, 1.54) is 11.7 Å². The first-order valence-corrected chi connectivity index (χ1v) is 12.6. The van der Waals surface area contributed by atoms with Crippen LogP contribution in [0.25, 0.3) is 33.7 Å². The summed E-state index contributed by atoms with van der Waals surface area (Å²) in [6.07, 6.45) is 1.91. The lowest BCUT2D eigenvalue weighted by atomic mass is 9.98. The van der Waals surface area contributed by atoms with Crippen LogP contribution in [0.3, 0.4) is 0 Å². The van der Waals surface area contributed by atoms with E-state index in [1.54, 1.807) is 14.0 Å². The fraction of sp³-hybridized carbons (Fsp3) is 0.333. The molecule has 1 atom stereocenters. The topological polar surface area (TPSA) is 126 Å². The number of fused-ring (bicyclic) bond motifs is 1. The highest BCUT2D eigenvalue weighted by Gasteiger charge is 2.22. The molecule has 0 spiro atoms. The number of nitrogens with one attached hydrogen (secondary N) is 1. The SMILES string of the molecule is CCCCc1nc2c(c(=O)n(C(C)OC)c(=O)n2C)n1Cc1ccc(-c2ccccc2-c2nnn[nH]2)cc1. The molecule has 3 heterocycles. The molecule has 11 nitrogen and oxygen atoms in total. The molecule has 38 heavy (non-hydrogen) atoms. The average molecular weight is 515 g/mol. The number of hydrogen-bond acceptors (Lipinski definition) is 7. The van der Waals surface area contributed by atoms with Crippen molar-refractivity contribution in [2.45, 2.75) is 45.9 Å². The number of tetrazole rings is 1. The Labute approximate surface area is 218 Å². The van der Waals surface area contributed by atoms with Gasteiger partial charge in [0.1, 0.15) is 12.1 Å². The number of methoxy groups -OCH3 is 1. The van der Waals surface area contributed by atoms with Gasteiger partial charge in [-0.3, -0.25) is 9.36 Å². The molecule has 0 saturated carbocycles. The summed E-state index contributed by atoms with van der Waals surface area (Å²) in [5, 5.41) is 14.3. The molecule has 0 aliphatic heterocycles. The largest absolute Gasteiger partial charge is 0.361 e. The standard InChI is InChI=1S/C27H30N8O3/c1-5-6-11-22-28-25-23(26(36)35(17(2)38-4)27(37)33(25)3)34(22)16-18-12-14-19(15-13-18)20-9-7-8-10-21(20)24-29-31-32-30-24/h7-10,12-15,17H,5-6,11,16H2,1-4H3,(H,29,30,31,32). The van der Waals surface area contributed by atoms with Crippen LogP contribution in [0.4, 0.5) is 0 Å². The fourth-order valence-corrected chi connectivity index (χ4v) is 4.69. The van der Waals surface area contributed by atoms with Crippen molar-refractivity contribution in [3.05, 3.63) is 80.8 Å². The molecule has 0 fully saturated rings. The number of benzene rings is 2. The molecule has 5 aromatic rings. The van der Waals surface area contributed by atoms with Gasteiger partial charge in [0.15, 0.2) is 17.0 Å². The van der Waals surface area contributed by atoms with Gasteiger partial charge in [0.25, 0.3) is 5.56 Å². The van der Waals surface area contributed by atoms with Crippen LogP contribution in [-0.4, -0.2) is 46.4 Å². The zero-order chi connectivity index (χ0) is 26.8. The average Bonchev–Trinajstić information content (AvgIpc) is 3.60. The highest BCUT2D eigenvalue weighted by atomic mass is 16.5. The molecule has 0 amide bonds. The summed E-state index contributed by atoms with van der Waals surface area (Å²) in [6, 6.07) is 16.1. The maximum atomic E-state index is 13.6. The van der Waals surface area contributed by atoms with Crippen molar-refractivity contribution in [1.82, 2.24) is 39.3 Å². The van der Waals surface area contributed by atoms with Crippen molar-refractivity contribution < 1.29 is 4.74 Å². The van der Waals surface area contributed by atoms with Gasteiger partial charge in [0, 0.05) is 32.7 Å². The Morgan fingerprint density at radius 2 is 1.79 bits per heavy atom. The van der Waals surface area contributed by atoms with Crippen LogP contribution in [-0.2, 0) is 24.8 Å². The summed E-state index contributed by atoms with van der Waals surface area (Å²) in [7, 11) is 3.11. The van der Waals surface area contributed by atoms with Crippen LogP contribution in [0.2, 0.25) is 0 Å². The van der Waals surface area contributed by atoms with E-state index in [-0.39, 0.29) is 0 Å². The lowest BCUT2D eigenvalue weighted by molar-refractivity contribution is 0.0533. The van der Waals surface area contributed by atoms with E-state index in [2.05, 4.69) is 27.5 Å². The summed E-state index contributed by atoms with van der Waals surface area (Å²) >= 11 is 0. The number of nitrogens with zero attached hydrogens (tertiary/aromatic N) is 7. The van der Waals surface area contributed by atoms with Gasteiger partial charge in [-0.1, -0.05) is 61.9 Å². The molecule has 1 unspecified atom stereocenters. The second-order valence-electron chi connectivity index (χ2n) is 9.23. The fourth-order valence-electron chi connectivity index (χ4n) is 4.69. The summed E-state index contributed by atoms with van der Waals surface area (Å²) < 4.78 is 9.84. The van der Waals surface area contributed by atoms with E-state index in [9.17, 15) is 9.59 Å². The van der Waals surface area contributed by atoms with Gasteiger partial charge in [-0.05, 0) is 40.5 Å². The van der Waals surface area contributed by atoms with E-state index in [4.69, 9.17) is 9.72 Å². The lowest BCUT2D eigenvalue weighted by Gasteiger charge is -2.15. The zero-order valence-corrected chi connectivity index (χ0v) is 21.9. The number of unbranched alkanes of at least 4 members (excludes halogenated alkanes) is 1. The normalized spacial score (nSPS) is 12.3. The van der Waals surface area contributed by atoms with Crippen molar-refractivity contribution in [3.63, 3.8) is 0 Å². The summed E-state index contributed by atoms with van der Waals surface area (Å²) in [4.78, 5) is 31.3. The number of rotatable bonds is 9. The summed E-state index contributed by atoms with van der Waals surface area (Å²) in [5.41, 5.74) is 3.85. The molecule has 0 aliphatic rings. The molecule has 3 aromatic heterocycles. The maximum absolute atomic E-state index is 13.6. The first-order valence-electron chi connectivity index (χ1n) is 12.6. The summed E-state index contributed by atoms with van der Waals surface area (Å²) in [5.74, 6) is 1.38. The van der Waals surface area contributed by atoms with Crippen molar-refractivity contribution in [1.29, 1.82) is 0 Å². The first-order chi connectivity index (χ1) is 18.4. The van der Waals surface area contributed by atoms with Gasteiger partial charge >= 0.3 is 5.69 Å². The molecule has 2 aromatic carbocycles. The van der Waals surface area contributed by atoms with Crippen LogP contribution in [0.5, 0.6) is 0 Å². The molecule has 0 bridgehead atoms. The van der Waals surface area contributed by atoms with Gasteiger partial charge in [-0.25, -0.2) is 19.4 Å². The summed E-state index contributed by atoms with van der Waals surface area (Å²) in [6.45, 7) is 4.23. The number of aryl methyl sites for hydroxylation is 2. The quantitative estimate of drug-likeness (QED) is 0.320. The number of imidazole rings is 1. The smallest absolute Gasteiger partial charge is 0.334 e. The molecule has 196 valence electrons. The first kappa shape index (κ1) is 25.3.